The maximum Gasteiger partial charge on any atom is 0.343 e. The van der Waals surface area contributed by atoms with Crippen molar-refractivity contribution in [1.29, 1.82) is 0 Å². The maximum atomic E-state index is 12.6. The molecule has 10 heteroatoms. The molecule has 0 aliphatic carbocycles. The van der Waals surface area contributed by atoms with Crippen LogP contribution in [0.15, 0.2) is 97.1 Å². The van der Waals surface area contributed by atoms with Gasteiger partial charge in [-0.1, -0.05) is 52.4 Å². The van der Waals surface area contributed by atoms with Crippen LogP contribution in [0.2, 0.25) is 0 Å². The quantitative estimate of drug-likeness (QED) is 0.0366. The molecule has 0 fully saturated rings. The third-order valence-corrected chi connectivity index (χ3v) is 8.82. The van der Waals surface area contributed by atoms with Gasteiger partial charge in [0.05, 0.1) is 48.7 Å². The molecule has 4 aromatic rings. The van der Waals surface area contributed by atoms with Crippen LogP contribution in [0.1, 0.15) is 132 Å². The molecule has 0 amide bonds. The molecule has 0 bridgehead atoms. The molecule has 0 radical (unpaired) electrons. The number of carbonyl (C=O) groups is 4. The lowest BCUT2D eigenvalue weighted by atomic mass is 10.2. The van der Waals surface area contributed by atoms with Crippen LogP contribution in [0.4, 0.5) is 0 Å². The summed E-state index contributed by atoms with van der Waals surface area (Å²) in [6.45, 7) is 6.13. The van der Waals surface area contributed by atoms with Gasteiger partial charge in [-0.05, 0) is 136 Å². The predicted molar refractivity (Wildman–Crippen MR) is 214 cm³/mol. The van der Waals surface area contributed by atoms with Gasteiger partial charge in [0.15, 0.2) is 0 Å². The zero-order chi connectivity index (χ0) is 39.8. The molecule has 0 aromatic heterocycles. The van der Waals surface area contributed by atoms with E-state index in [9.17, 15) is 19.2 Å². The lowest BCUT2D eigenvalue weighted by molar-refractivity contribution is 0.0473. The summed E-state index contributed by atoms with van der Waals surface area (Å²) in [7, 11) is 0. The van der Waals surface area contributed by atoms with E-state index in [-0.39, 0.29) is 13.2 Å². The number of rotatable bonds is 25. The Labute approximate surface area is 330 Å². The Kier molecular flexibility index (Phi) is 19.0. The predicted octanol–water partition coefficient (Wildman–Crippen LogP) is 10.6. The van der Waals surface area contributed by atoms with Crippen molar-refractivity contribution in [3.8, 4) is 23.0 Å². The van der Waals surface area contributed by atoms with E-state index in [0.717, 1.165) is 38.5 Å². The fourth-order valence-electron chi connectivity index (χ4n) is 5.52. The maximum absolute atomic E-state index is 12.6. The highest BCUT2D eigenvalue weighted by Crippen LogP contribution is 2.20. The smallest absolute Gasteiger partial charge is 0.343 e. The van der Waals surface area contributed by atoms with Crippen molar-refractivity contribution in [2.45, 2.75) is 90.9 Å². The highest BCUT2D eigenvalue weighted by molar-refractivity contribution is 5.93. The number of hydrogen-bond acceptors (Lipinski definition) is 10. The van der Waals surface area contributed by atoms with Crippen LogP contribution in [0.5, 0.6) is 23.0 Å². The van der Waals surface area contributed by atoms with Crippen LogP contribution in [-0.4, -0.2) is 50.3 Å². The lowest BCUT2D eigenvalue weighted by Gasteiger charge is -2.09. The summed E-state index contributed by atoms with van der Waals surface area (Å²) in [6.07, 6.45) is 11.9. The molecule has 0 spiro atoms. The van der Waals surface area contributed by atoms with Gasteiger partial charge in [-0.15, -0.1) is 0 Å². The van der Waals surface area contributed by atoms with Crippen LogP contribution in [-0.2, 0) is 9.47 Å². The molecule has 0 saturated heterocycles. The van der Waals surface area contributed by atoms with Gasteiger partial charge in [0.2, 0.25) is 0 Å². The largest absolute Gasteiger partial charge is 0.494 e. The van der Waals surface area contributed by atoms with E-state index in [1.807, 2.05) is 0 Å². The Hall–Kier alpha value is -5.64. The molecular formula is C46H54O10. The molecule has 10 nitrogen and oxygen atoms in total. The normalized spacial score (nSPS) is 10.7. The van der Waals surface area contributed by atoms with Crippen molar-refractivity contribution in [3.63, 3.8) is 0 Å². The van der Waals surface area contributed by atoms with Crippen molar-refractivity contribution in [3.05, 3.63) is 119 Å². The van der Waals surface area contributed by atoms with Gasteiger partial charge >= 0.3 is 23.9 Å². The van der Waals surface area contributed by atoms with Gasteiger partial charge in [-0.25, -0.2) is 19.2 Å². The minimum absolute atomic E-state index is 0.254. The van der Waals surface area contributed by atoms with Crippen molar-refractivity contribution in [2.75, 3.05) is 26.4 Å². The standard InChI is InChI=1S/C46H54O10/c1-3-5-7-11-31-51-39-23-15-37(16-24-39)45(49)55-41-27-19-35(20-28-41)43(47)53-33-13-9-10-14-34-54-44(48)36-21-29-42(30-22-36)56-46(50)38-17-25-40(26-18-38)52-32-12-8-6-4-2/h15-30H,3-14,31-34H2,1-2H3. The fraction of sp³-hybridized carbons (Fsp3) is 0.391. The highest BCUT2D eigenvalue weighted by atomic mass is 16.5. The van der Waals surface area contributed by atoms with Crippen molar-refractivity contribution in [1.82, 2.24) is 0 Å². The van der Waals surface area contributed by atoms with Gasteiger partial charge in [0.1, 0.15) is 23.0 Å². The molecule has 0 atom stereocenters. The van der Waals surface area contributed by atoms with Crippen molar-refractivity contribution >= 4 is 23.9 Å². The molecule has 0 aliphatic heterocycles. The Morgan fingerprint density at radius 1 is 0.339 bits per heavy atom. The number of hydrogen-bond donors (Lipinski definition) is 0. The van der Waals surface area contributed by atoms with Crippen molar-refractivity contribution in [2.24, 2.45) is 0 Å². The summed E-state index contributed by atoms with van der Waals surface area (Å²) in [6, 6.07) is 26.1. The van der Waals surface area contributed by atoms with E-state index < -0.39 is 23.9 Å². The second-order valence-electron chi connectivity index (χ2n) is 13.4. The molecule has 0 aliphatic rings. The molecule has 0 heterocycles. The summed E-state index contributed by atoms with van der Waals surface area (Å²) in [4.78, 5) is 50.1. The SMILES string of the molecule is CCCCCCOc1ccc(C(=O)Oc2ccc(C(=O)OCCCCCCOC(=O)c3ccc(OC(=O)c4ccc(OCCCCCC)cc4)cc3)cc2)cc1. The third-order valence-electron chi connectivity index (χ3n) is 8.82. The first-order valence-electron chi connectivity index (χ1n) is 19.8. The Balaban J connectivity index is 1.04. The summed E-state index contributed by atoms with van der Waals surface area (Å²) < 4.78 is 33.1. The lowest BCUT2D eigenvalue weighted by Crippen LogP contribution is -2.10. The first kappa shape index (κ1) is 43.1. The fourth-order valence-corrected chi connectivity index (χ4v) is 5.52. The minimum Gasteiger partial charge on any atom is -0.494 e. The van der Waals surface area contributed by atoms with E-state index in [4.69, 9.17) is 28.4 Å². The number of ether oxygens (including phenoxy) is 6. The van der Waals surface area contributed by atoms with Gasteiger partial charge in [0.25, 0.3) is 0 Å². The van der Waals surface area contributed by atoms with Crippen LogP contribution < -0.4 is 18.9 Å². The first-order chi connectivity index (χ1) is 27.4. The zero-order valence-corrected chi connectivity index (χ0v) is 32.6. The van der Waals surface area contributed by atoms with Crippen LogP contribution >= 0.6 is 0 Å². The van der Waals surface area contributed by atoms with Gasteiger partial charge < -0.3 is 28.4 Å². The van der Waals surface area contributed by atoms with Crippen molar-refractivity contribution < 1.29 is 47.6 Å². The third kappa shape index (κ3) is 15.6. The summed E-state index contributed by atoms with van der Waals surface area (Å²) in [5.74, 6) is 0.122. The van der Waals surface area contributed by atoms with Gasteiger partial charge in [0, 0.05) is 0 Å². The molecule has 0 N–H and O–H groups in total. The summed E-state index contributed by atoms with van der Waals surface area (Å²) >= 11 is 0. The topological polar surface area (TPSA) is 124 Å². The van der Waals surface area contributed by atoms with E-state index >= 15 is 0 Å². The molecular weight excluding hydrogens is 712 g/mol. The Morgan fingerprint density at radius 2 is 0.625 bits per heavy atom. The number of benzene rings is 4. The first-order valence-corrected chi connectivity index (χ1v) is 19.8. The highest BCUT2D eigenvalue weighted by Gasteiger charge is 2.13. The zero-order valence-electron chi connectivity index (χ0n) is 32.6. The van der Waals surface area contributed by atoms with Crippen LogP contribution in [0, 0.1) is 0 Å². The Morgan fingerprint density at radius 3 is 0.964 bits per heavy atom. The monoisotopic (exact) mass is 766 g/mol. The van der Waals surface area contributed by atoms with Crippen LogP contribution in [0.25, 0.3) is 0 Å². The Bertz CT molecular complexity index is 1630. The second-order valence-corrected chi connectivity index (χ2v) is 13.4. The van der Waals surface area contributed by atoms with E-state index in [1.54, 1.807) is 97.1 Å². The molecule has 0 unspecified atom stereocenters. The summed E-state index contributed by atoms with van der Waals surface area (Å²) in [5.41, 5.74) is 1.50. The second kappa shape index (κ2) is 24.7. The number of unbranched alkanes of at least 4 members (excludes halogenated alkanes) is 9. The molecule has 4 rings (SSSR count). The number of esters is 4. The molecule has 298 valence electrons. The van der Waals surface area contributed by atoms with Gasteiger partial charge in [-0.3, -0.25) is 0 Å². The minimum atomic E-state index is -0.504. The van der Waals surface area contributed by atoms with E-state index in [2.05, 4.69) is 13.8 Å². The molecule has 4 aromatic carbocycles. The van der Waals surface area contributed by atoms with Crippen LogP contribution in [0.3, 0.4) is 0 Å². The van der Waals surface area contributed by atoms with E-state index in [1.165, 1.54) is 25.7 Å². The molecule has 56 heavy (non-hydrogen) atoms. The number of carbonyl (C=O) groups excluding carboxylic acids is 4. The molecule has 0 saturated carbocycles. The average Bonchev–Trinajstić information content (AvgIpc) is 3.22. The van der Waals surface area contributed by atoms with Gasteiger partial charge in [-0.2, -0.15) is 0 Å². The average molecular weight is 767 g/mol. The summed E-state index contributed by atoms with van der Waals surface area (Å²) in [5, 5.41) is 0. The van der Waals surface area contributed by atoms with E-state index in [0.29, 0.717) is 71.3 Å².